The minimum absolute atomic E-state index is 0.209. The lowest BCUT2D eigenvalue weighted by atomic mass is 9.91. The highest BCUT2D eigenvalue weighted by Crippen LogP contribution is 2.21. The Morgan fingerprint density at radius 2 is 1.62 bits per heavy atom. The van der Waals surface area contributed by atoms with Crippen LogP contribution in [0.25, 0.3) is 0 Å². The zero-order valence-corrected chi connectivity index (χ0v) is 14.2. The molecule has 1 heterocycles. The molecule has 0 radical (unpaired) electrons. The molecule has 1 saturated heterocycles. The highest BCUT2D eigenvalue weighted by atomic mass is 32.2. The molecular weight excluding hydrogens is 327 g/mol. The molecule has 0 spiro atoms. The van der Waals surface area contributed by atoms with E-state index in [1.807, 2.05) is 12.1 Å². The van der Waals surface area contributed by atoms with Crippen molar-refractivity contribution in [3.05, 3.63) is 59.9 Å². The highest BCUT2D eigenvalue weighted by molar-refractivity contribution is 7.92. The van der Waals surface area contributed by atoms with Crippen LogP contribution in [0.4, 0.5) is 10.1 Å². The van der Waals surface area contributed by atoms with Gasteiger partial charge in [-0.15, -0.1) is 0 Å². The third-order valence-corrected chi connectivity index (χ3v) is 5.71. The molecule has 0 amide bonds. The van der Waals surface area contributed by atoms with E-state index < -0.39 is 15.8 Å². The first kappa shape index (κ1) is 16.9. The molecule has 2 aromatic carbocycles. The summed E-state index contributed by atoms with van der Waals surface area (Å²) in [6.07, 6.45) is 3.30. The van der Waals surface area contributed by atoms with Crippen molar-refractivity contribution in [3.8, 4) is 0 Å². The van der Waals surface area contributed by atoms with Gasteiger partial charge >= 0.3 is 0 Å². The SMILES string of the molecule is O=S(=O)(Nc1ccc(F)cc1)c1ccc(CC2CCNCC2)cc1. The first-order chi connectivity index (χ1) is 11.5. The third kappa shape index (κ3) is 4.33. The molecule has 0 bridgehead atoms. The summed E-state index contributed by atoms with van der Waals surface area (Å²) in [5.74, 6) is 0.256. The molecule has 3 rings (SSSR count). The summed E-state index contributed by atoms with van der Waals surface area (Å²) in [7, 11) is -3.66. The fraction of sp³-hybridized carbons (Fsp3) is 0.333. The molecule has 1 fully saturated rings. The van der Waals surface area contributed by atoms with Crippen LogP contribution >= 0.6 is 0 Å². The minimum atomic E-state index is -3.66. The molecule has 0 aliphatic carbocycles. The van der Waals surface area contributed by atoms with Gasteiger partial charge in [0.15, 0.2) is 0 Å². The summed E-state index contributed by atoms with van der Waals surface area (Å²) in [6, 6.07) is 12.3. The van der Waals surface area contributed by atoms with E-state index >= 15 is 0 Å². The van der Waals surface area contributed by atoms with Crippen LogP contribution in [0.2, 0.25) is 0 Å². The maximum atomic E-state index is 12.9. The summed E-state index contributed by atoms with van der Waals surface area (Å²) in [4.78, 5) is 0.209. The fourth-order valence-electron chi connectivity index (χ4n) is 2.96. The number of hydrogen-bond acceptors (Lipinski definition) is 3. The van der Waals surface area contributed by atoms with Gasteiger partial charge in [-0.2, -0.15) is 0 Å². The number of rotatable bonds is 5. The second kappa shape index (κ2) is 7.32. The monoisotopic (exact) mass is 348 g/mol. The fourth-order valence-corrected chi connectivity index (χ4v) is 4.01. The van der Waals surface area contributed by atoms with Crippen molar-refractivity contribution in [1.82, 2.24) is 5.32 Å². The van der Waals surface area contributed by atoms with Crippen molar-refractivity contribution in [2.45, 2.75) is 24.2 Å². The largest absolute Gasteiger partial charge is 0.317 e. The number of sulfonamides is 1. The zero-order valence-electron chi connectivity index (χ0n) is 13.3. The molecule has 1 aliphatic heterocycles. The van der Waals surface area contributed by atoms with Crippen LogP contribution in [0.15, 0.2) is 53.4 Å². The quantitative estimate of drug-likeness (QED) is 0.873. The van der Waals surface area contributed by atoms with E-state index in [2.05, 4.69) is 10.0 Å². The van der Waals surface area contributed by atoms with Crippen molar-refractivity contribution >= 4 is 15.7 Å². The Morgan fingerprint density at radius 3 is 2.25 bits per heavy atom. The molecule has 6 heteroatoms. The Labute approximate surface area is 142 Å². The number of nitrogens with one attached hydrogen (secondary N) is 2. The molecule has 4 nitrogen and oxygen atoms in total. The van der Waals surface area contributed by atoms with E-state index in [9.17, 15) is 12.8 Å². The van der Waals surface area contributed by atoms with Crippen LogP contribution in [0.1, 0.15) is 18.4 Å². The summed E-state index contributed by atoms with van der Waals surface area (Å²) in [5.41, 5.74) is 1.50. The summed E-state index contributed by atoms with van der Waals surface area (Å²) in [6.45, 7) is 2.11. The normalized spacial score (nSPS) is 16.0. The highest BCUT2D eigenvalue weighted by Gasteiger charge is 2.16. The summed E-state index contributed by atoms with van der Waals surface area (Å²) < 4.78 is 40.1. The standard InChI is InChI=1S/C18H21FN2O2S/c19-16-3-5-17(6-4-16)21-24(22,23)18-7-1-14(2-8-18)13-15-9-11-20-12-10-15/h1-8,15,20-21H,9-13H2. The van der Waals surface area contributed by atoms with Gasteiger partial charge in [0.1, 0.15) is 5.82 Å². The lowest BCUT2D eigenvalue weighted by Gasteiger charge is -2.22. The van der Waals surface area contributed by atoms with Crippen LogP contribution in [-0.4, -0.2) is 21.5 Å². The van der Waals surface area contributed by atoms with Crippen molar-refractivity contribution in [2.24, 2.45) is 5.92 Å². The molecule has 0 unspecified atom stereocenters. The van der Waals surface area contributed by atoms with Gasteiger partial charge in [0, 0.05) is 5.69 Å². The minimum Gasteiger partial charge on any atom is -0.317 e. The molecule has 0 saturated carbocycles. The number of hydrogen-bond donors (Lipinski definition) is 2. The molecule has 2 N–H and O–H groups in total. The van der Waals surface area contributed by atoms with Crippen LogP contribution in [0.3, 0.4) is 0 Å². The Balaban J connectivity index is 1.68. The van der Waals surface area contributed by atoms with E-state index in [0.29, 0.717) is 11.6 Å². The third-order valence-electron chi connectivity index (χ3n) is 4.31. The summed E-state index contributed by atoms with van der Waals surface area (Å²) >= 11 is 0. The Hall–Kier alpha value is -1.92. The average molecular weight is 348 g/mol. The predicted octanol–water partition coefficient (Wildman–Crippen LogP) is 3.17. The second-order valence-corrected chi connectivity index (χ2v) is 7.84. The topological polar surface area (TPSA) is 58.2 Å². The van der Waals surface area contributed by atoms with Gasteiger partial charge in [-0.1, -0.05) is 12.1 Å². The van der Waals surface area contributed by atoms with Crippen molar-refractivity contribution in [1.29, 1.82) is 0 Å². The first-order valence-corrected chi connectivity index (χ1v) is 9.59. The average Bonchev–Trinajstić information content (AvgIpc) is 2.58. The number of halogens is 1. The van der Waals surface area contributed by atoms with Crippen molar-refractivity contribution < 1.29 is 12.8 Å². The molecule has 2 aromatic rings. The van der Waals surface area contributed by atoms with Crippen LogP contribution in [0.5, 0.6) is 0 Å². The summed E-state index contributed by atoms with van der Waals surface area (Å²) in [5, 5.41) is 3.35. The lowest BCUT2D eigenvalue weighted by molar-refractivity contribution is 0.372. The molecular formula is C18H21FN2O2S. The van der Waals surface area contributed by atoms with Gasteiger partial charge in [0.05, 0.1) is 4.90 Å². The van der Waals surface area contributed by atoms with Crippen LogP contribution < -0.4 is 10.0 Å². The maximum absolute atomic E-state index is 12.9. The number of anilines is 1. The molecule has 0 atom stereocenters. The second-order valence-electron chi connectivity index (χ2n) is 6.15. The van der Waals surface area contributed by atoms with Gasteiger partial charge in [-0.25, -0.2) is 12.8 Å². The van der Waals surface area contributed by atoms with Gasteiger partial charge in [0.25, 0.3) is 10.0 Å². The van der Waals surface area contributed by atoms with E-state index in [1.54, 1.807) is 12.1 Å². The van der Waals surface area contributed by atoms with E-state index in [-0.39, 0.29) is 4.90 Å². The molecule has 128 valence electrons. The number of piperidine rings is 1. The maximum Gasteiger partial charge on any atom is 0.261 e. The van der Waals surface area contributed by atoms with E-state index in [4.69, 9.17) is 0 Å². The van der Waals surface area contributed by atoms with Gasteiger partial charge < -0.3 is 5.32 Å². The van der Waals surface area contributed by atoms with Gasteiger partial charge in [-0.3, -0.25) is 4.72 Å². The molecule has 1 aliphatic rings. The Kier molecular flexibility index (Phi) is 5.16. The van der Waals surface area contributed by atoms with Crippen molar-refractivity contribution in [2.75, 3.05) is 17.8 Å². The molecule has 0 aromatic heterocycles. The van der Waals surface area contributed by atoms with Gasteiger partial charge in [-0.05, 0) is 80.2 Å². The van der Waals surface area contributed by atoms with E-state index in [1.165, 1.54) is 24.3 Å². The van der Waals surface area contributed by atoms with Crippen LogP contribution in [0, 0.1) is 11.7 Å². The van der Waals surface area contributed by atoms with Crippen LogP contribution in [-0.2, 0) is 16.4 Å². The Bertz CT molecular complexity index is 768. The van der Waals surface area contributed by atoms with E-state index in [0.717, 1.165) is 37.9 Å². The first-order valence-electron chi connectivity index (χ1n) is 8.11. The molecule has 24 heavy (non-hydrogen) atoms. The number of benzene rings is 2. The van der Waals surface area contributed by atoms with Crippen molar-refractivity contribution in [3.63, 3.8) is 0 Å². The van der Waals surface area contributed by atoms with Gasteiger partial charge in [0.2, 0.25) is 0 Å². The smallest absolute Gasteiger partial charge is 0.261 e. The predicted molar refractivity (Wildman–Crippen MR) is 92.9 cm³/mol. The zero-order chi connectivity index (χ0) is 17.0. The Morgan fingerprint density at radius 1 is 1.00 bits per heavy atom. The lowest BCUT2D eigenvalue weighted by Crippen LogP contribution is -2.28.